The van der Waals surface area contributed by atoms with Gasteiger partial charge in [0.25, 0.3) is 0 Å². The molecule has 0 aromatic carbocycles. The summed E-state index contributed by atoms with van der Waals surface area (Å²) in [5.74, 6) is 0.499. The zero-order valence-corrected chi connectivity index (χ0v) is 11.1. The van der Waals surface area contributed by atoms with E-state index in [1.54, 1.807) is 17.4 Å². The highest BCUT2D eigenvalue weighted by Gasteiger charge is 2.02. The molecule has 0 bridgehead atoms. The lowest BCUT2D eigenvalue weighted by molar-refractivity contribution is 0.939. The van der Waals surface area contributed by atoms with Crippen LogP contribution in [0.2, 0.25) is 0 Å². The van der Waals surface area contributed by atoms with E-state index in [1.807, 2.05) is 19.9 Å². The summed E-state index contributed by atoms with van der Waals surface area (Å²) < 4.78 is 0. The minimum Gasteiger partial charge on any atom is -0.354 e. The number of rotatable bonds is 4. The Morgan fingerprint density at radius 1 is 1.33 bits per heavy atom. The third-order valence-corrected chi connectivity index (χ3v) is 3.12. The van der Waals surface area contributed by atoms with Gasteiger partial charge in [-0.2, -0.15) is 5.26 Å². The fourth-order valence-corrected chi connectivity index (χ4v) is 2.18. The van der Waals surface area contributed by atoms with E-state index >= 15 is 0 Å². The molecular formula is C12H13N5S. The number of nitrogens with zero attached hydrogens (tertiary/aromatic N) is 4. The van der Waals surface area contributed by atoms with Gasteiger partial charge in [0.1, 0.15) is 11.8 Å². The van der Waals surface area contributed by atoms with Crippen molar-refractivity contribution in [1.82, 2.24) is 15.0 Å². The van der Waals surface area contributed by atoms with E-state index in [4.69, 9.17) is 5.26 Å². The van der Waals surface area contributed by atoms with Crippen LogP contribution in [-0.2, 0) is 6.42 Å². The number of hydrogen-bond acceptors (Lipinski definition) is 6. The Balaban J connectivity index is 1.94. The number of anilines is 1. The number of nitriles is 1. The fraction of sp³-hybridized carbons (Fsp3) is 0.333. The highest BCUT2D eigenvalue weighted by molar-refractivity contribution is 7.09. The first-order valence-electron chi connectivity index (χ1n) is 5.58. The van der Waals surface area contributed by atoms with Gasteiger partial charge < -0.3 is 5.32 Å². The predicted molar refractivity (Wildman–Crippen MR) is 70.5 cm³/mol. The van der Waals surface area contributed by atoms with Gasteiger partial charge in [-0.15, -0.1) is 11.3 Å². The number of hydrogen-bond donors (Lipinski definition) is 1. The second kappa shape index (κ2) is 5.56. The highest BCUT2D eigenvalue weighted by atomic mass is 32.1. The number of aryl methyl sites for hydroxylation is 2. The van der Waals surface area contributed by atoms with Crippen molar-refractivity contribution >= 4 is 17.3 Å². The monoisotopic (exact) mass is 259 g/mol. The maximum atomic E-state index is 8.82. The molecule has 0 spiro atoms. The number of nitrogens with one attached hydrogen (secondary N) is 1. The van der Waals surface area contributed by atoms with E-state index in [2.05, 4.69) is 25.6 Å². The van der Waals surface area contributed by atoms with Crippen LogP contribution in [0.3, 0.4) is 0 Å². The second-order valence-corrected chi connectivity index (χ2v) is 4.93. The van der Waals surface area contributed by atoms with Crippen LogP contribution in [0.15, 0.2) is 11.4 Å². The largest absolute Gasteiger partial charge is 0.354 e. The van der Waals surface area contributed by atoms with Crippen molar-refractivity contribution in [2.45, 2.75) is 20.3 Å². The average Bonchev–Trinajstić information content (AvgIpc) is 2.74. The summed E-state index contributed by atoms with van der Waals surface area (Å²) in [6.07, 6.45) is 0.823. The third-order valence-electron chi connectivity index (χ3n) is 2.30. The molecule has 92 valence electrons. The van der Waals surface area contributed by atoms with Crippen LogP contribution in [0.4, 0.5) is 5.95 Å². The molecule has 2 aromatic heterocycles. The first kappa shape index (κ1) is 12.5. The van der Waals surface area contributed by atoms with Crippen LogP contribution in [0.1, 0.15) is 22.1 Å². The molecule has 2 aromatic rings. The van der Waals surface area contributed by atoms with Crippen molar-refractivity contribution in [1.29, 1.82) is 5.26 Å². The molecule has 0 amide bonds. The molecular weight excluding hydrogens is 246 g/mol. The van der Waals surface area contributed by atoms with Crippen molar-refractivity contribution < 1.29 is 0 Å². The average molecular weight is 259 g/mol. The normalized spacial score (nSPS) is 10.1. The van der Waals surface area contributed by atoms with Gasteiger partial charge in [0.2, 0.25) is 5.95 Å². The SMILES string of the molecule is Cc1cc(C#N)nc(NCCc2csc(C)n2)n1. The molecule has 0 unspecified atom stereocenters. The summed E-state index contributed by atoms with van der Waals surface area (Å²) in [5, 5.41) is 15.0. The van der Waals surface area contributed by atoms with E-state index in [9.17, 15) is 0 Å². The molecule has 0 aliphatic carbocycles. The van der Waals surface area contributed by atoms with Crippen LogP contribution in [-0.4, -0.2) is 21.5 Å². The van der Waals surface area contributed by atoms with Gasteiger partial charge in [0, 0.05) is 24.0 Å². The molecule has 0 atom stereocenters. The molecule has 2 rings (SSSR count). The molecule has 1 N–H and O–H groups in total. The van der Waals surface area contributed by atoms with Crippen LogP contribution >= 0.6 is 11.3 Å². The zero-order valence-electron chi connectivity index (χ0n) is 10.3. The summed E-state index contributed by atoms with van der Waals surface area (Å²) in [6.45, 7) is 4.54. The summed E-state index contributed by atoms with van der Waals surface area (Å²) in [7, 11) is 0. The smallest absolute Gasteiger partial charge is 0.224 e. The first-order chi connectivity index (χ1) is 8.67. The summed E-state index contributed by atoms with van der Waals surface area (Å²) in [5.41, 5.74) is 2.24. The fourth-order valence-electron chi connectivity index (χ4n) is 1.53. The summed E-state index contributed by atoms with van der Waals surface area (Å²) in [4.78, 5) is 12.7. The van der Waals surface area contributed by atoms with E-state index in [1.165, 1.54) is 0 Å². The Hall–Kier alpha value is -2.00. The van der Waals surface area contributed by atoms with E-state index in [0.29, 0.717) is 18.2 Å². The molecule has 0 radical (unpaired) electrons. The second-order valence-electron chi connectivity index (χ2n) is 3.86. The topological polar surface area (TPSA) is 74.5 Å². The molecule has 0 saturated heterocycles. The molecule has 0 fully saturated rings. The lowest BCUT2D eigenvalue weighted by atomic mass is 10.3. The lowest BCUT2D eigenvalue weighted by Crippen LogP contribution is -2.09. The van der Waals surface area contributed by atoms with Crippen LogP contribution in [0.5, 0.6) is 0 Å². The quantitative estimate of drug-likeness (QED) is 0.909. The number of thiazole rings is 1. The minimum atomic E-state index is 0.384. The zero-order chi connectivity index (χ0) is 13.0. The van der Waals surface area contributed by atoms with Crippen molar-refractivity contribution in [2.24, 2.45) is 0 Å². The standard InChI is InChI=1S/C12H13N5S/c1-8-5-11(6-13)17-12(15-8)14-4-3-10-7-18-9(2)16-10/h5,7H,3-4H2,1-2H3,(H,14,15,17). The predicted octanol–water partition coefficient (Wildman–Crippen LogP) is 2.08. The van der Waals surface area contributed by atoms with E-state index in [0.717, 1.165) is 22.8 Å². The first-order valence-corrected chi connectivity index (χ1v) is 6.46. The minimum absolute atomic E-state index is 0.384. The van der Waals surface area contributed by atoms with Gasteiger partial charge in [0.05, 0.1) is 10.7 Å². The molecule has 0 saturated carbocycles. The van der Waals surface area contributed by atoms with Crippen LogP contribution in [0, 0.1) is 25.2 Å². The van der Waals surface area contributed by atoms with E-state index < -0.39 is 0 Å². The van der Waals surface area contributed by atoms with Gasteiger partial charge in [-0.3, -0.25) is 0 Å². The van der Waals surface area contributed by atoms with Gasteiger partial charge >= 0.3 is 0 Å². The molecule has 0 aliphatic heterocycles. The highest BCUT2D eigenvalue weighted by Crippen LogP contribution is 2.09. The van der Waals surface area contributed by atoms with Gasteiger partial charge in [0.15, 0.2) is 0 Å². The van der Waals surface area contributed by atoms with Gasteiger partial charge in [-0.05, 0) is 19.9 Å². The summed E-state index contributed by atoms with van der Waals surface area (Å²) in [6, 6.07) is 3.68. The molecule has 18 heavy (non-hydrogen) atoms. The van der Waals surface area contributed by atoms with Gasteiger partial charge in [-0.25, -0.2) is 15.0 Å². The van der Waals surface area contributed by atoms with Crippen molar-refractivity contribution in [3.63, 3.8) is 0 Å². The number of aromatic nitrogens is 3. The van der Waals surface area contributed by atoms with Gasteiger partial charge in [-0.1, -0.05) is 0 Å². The maximum absolute atomic E-state index is 8.82. The Labute approximate surface area is 110 Å². The Morgan fingerprint density at radius 2 is 2.17 bits per heavy atom. The summed E-state index contributed by atoms with van der Waals surface area (Å²) >= 11 is 1.65. The van der Waals surface area contributed by atoms with Crippen LogP contribution in [0.25, 0.3) is 0 Å². The third kappa shape index (κ3) is 3.25. The molecule has 5 nitrogen and oxygen atoms in total. The van der Waals surface area contributed by atoms with Crippen molar-refractivity contribution in [3.8, 4) is 6.07 Å². The molecule has 2 heterocycles. The van der Waals surface area contributed by atoms with Crippen molar-refractivity contribution in [3.05, 3.63) is 33.5 Å². The van der Waals surface area contributed by atoms with E-state index in [-0.39, 0.29) is 0 Å². The lowest BCUT2D eigenvalue weighted by Gasteiger charge is -2.04. The Bertz CT molecular complexity index is 584. The van der Waals surface area contributed by atoms with Crippen molar-refractivity contribution in [2.75, 3.05) is 11.9 Å². The maximum Gasteiger partial charge on any atom is 0.224 e. The van der Waals surface area contributed by atoms with Crippen LogP contribution < -0.4 is 5.32 Å². The molecule has 6 heteroatoms. The Morgan fingerprint density at radius 3 is 2.83 bits per heavy atom. The molecule has 0 aliphatic rings. The Kier molecular flexibility index (Phi) is 3.85.